The van der Waals surface area contributed by atoms with Crippen LogP contribution in [0.3, 0.4) is 0 Å². The van der Waals surface area contributed by atoms with Crippen molar-refractivity contribution in [2.75, 3.05) is 20.3 Å². The van der Waals surface area contributed by atoms with Gasteiger partial charge in [0.1, 0.15) is 0 Å². The fraction of sp³-hybridized carbons (Fsp3) is 0.917. The number of nitrogens with one attached hydrogen (secondary N) is 2. The van der Waals surface area contributed by atoms with E-state index in [4.69, 9.17) is 15.3 Å². The molecular formula is C12H24N4O2. The zero-order valence-corrected chi connectivity index (χ0v) is 11.2. The first-order valence-corrected chi connectivity index (χ1v) is 6.66. The molecule has 4 N–H and O–H groups in total. The number of ether oxygens (including phenoxy) is 2. The Labute approximate surface area is 108 Å². The molecule has 6 heteroatoms. The second-order valence-corrected chi connectivity index (χ2v) is 5.15. The highest BCUT2D eigenvalue weighted by Crippen LogP contribution is 2.39. The van der Waals surface area contributed by atoms with Gasteiger partial charge >= 0.3 is 0 Å². The third kappa shape index (κ3) is 3.57. The van der Waals surface area contributed by atoms with Crippen LogP contribution in [0.25, 0.3) is 0 Å². The summed E-state index contributed by atoms with van der Waals surface area (Å²) in [7, 11) is 1.68. The van der Waals surface area contributed by atoms with Crippen molar-refractivity contribution in [3.63, 3.8) is 0 Å². The molecule has 18 heavy (non-hydrogen) atoms. The van der Waals surface area contributed by atoms with Crippen LogP contribution in [-0.2, 0) is 9.47 Å². The van der Waals surface area contributed by atoms with Crippen molar-refractivity contribution >= 4 is 5.96 Å². The maximum atomic E-state index is 5.76. The lowest BCUT2D eigenvalue weighted by Crippen LogP contribution is -2.47. The summed E-state index contributed by atoms with van der Waals surface area (Å²) in [5.74, 6) is 6.84. The summed E-state index contributed by atoms with van der Waals surface area (Å²) in [6, 6.07) is 0.400. The Bertz CT molecular complexity index is 294. The van der Waals surface area contributed by atoms with Crippen LogP contribution in [0.15, 0.2) is 4.99 Å². The number of nitrogens with zero attached hydrogens (tertiary/aromatic N) is 1. The maximum absolute atomic E-state index is 5.76. The fourth-order valence-electron chi connectivity index (χ4n) is 2.42. The van der Waals surface area contributed by atoms with E-state index in [2.05, 4.69) is 15.7 Å². The van der Waals surface area contributed by atoms with Crippen molar-refractivity contribution in [3.05, 3.63) is 0 Å². The lowest BCUT2D eigenvalue weighted by atomic mass is 10.1. The summed E-state index contributed by atoms with van der Waals surface area (Å²) in [6.45, 7) is 3.45. The highest BCUT2D eigenvalue weighted by molar-refractivity contribution is 5.79. The van der Waals surface area contributed by atoms with Crippen molar-refractivity contribution < 1.29 is 9.47 Å². The van der Waals surface area contributed by atoms with Gasteiger partial charge in [0, 0.05) is 19.8 Å². The van der Waals surface area contributed by atoms with Crippen molar-refractivity contribution in [1.82, 2.24) is 10.7 Å². The van der Waals surface area contributed by atoms with Gasteiger partial charge in [0.2, 0.25) is 5.96 Å². The number of rotatable bonds is 5. The molecule has 0 aromatic heterocycles. The molecule has 104 valence electrons. The molecule has 0 radical (unpaired) electrons. The molecule has 0 spiro atoms. The molecule has 1 heterocycles. The van der Waals surface area contributed by atoms with Gasteiger partial charge in [-0.15, -0.1) is 0 Å². The lowest BCUT2D eigenvalue weighted by Gasteiger charge is -2.19. The van der Waals surface area contributed by atoms with Gasteiger partial charge in [-0.2, -0.15) is 0 Å². The average Bonchev–Trinajstić information content (AvgIpc) is 3.09. The molecule has 0 aromatic rings. The van der Waals surface area contributed by atoms with E-state index in [1.165, 1.54) is 12.8 Å². The molecule has 1 saturated carbocycles. The van der Waals surface area contributed by atoms with Gasteiger partial charge in [-0.3, -0.25) is 5.43 Å². The molecule has 1 aliphatic carbocycles. The predicted molar refractivity (Wildman–Crippen MR) is 70.1 cm³/mol. The molecule has 0 aromatic carbocycles. The summed E-state index contributed by atoms with van der Waals surface area (Å²) in [5.41, 5.74) is 2.63. The molecule has 3 unspecified atom stereocenters. The summed E-state index contributed by atoms with van der Waals surface area (Å²) in [6.07, 6.45) is 3.81. The molecule has 0 amide bonds. The summed E-state index contributed by atoms with van der Waals surface area (Å²) >= 11 is 0. The van der Waals surface area contributed by atoms with Crippen LogP contribution >= 0.6 is 0 Å². The smallest absolute Gasteiger partial charge is 0.206 e. The molecule has 2 aliphatic rings. The van der Waals surface area contributed by atoms with E-state index in [-0.39, 0.29) is 18.2 Å². The highest BCUT2D eigenvalue weighted by Gasteiger charge is 2.40. The second-order valence-electron chi connectivity index (χ2n) is 5.15. The van der Waals surface area contributed by atoms with Gasteiger partial charge in [-0.25, -0.2) is 10.8 Å². The molecule has 2 rings (SSSR count). The Kier molecular flexibility index (Phi) is 4.79. The van der Waals surface area contributed by atoms with Gasteiger partial charge in [-0.05, 0) is 32.1 Å². The zero-order valence-electron chi connectivity index (χ0n) is 11.2. The highest BCUT2D eigenvalue weighted by atomic mass is 16.5. The standard InChI is InChI=1S/C12H24N4O2/c1-8(7-17-2)14-12(16-13)15-10-5-6-18-11(10)9-3-4-9/h8-11H,3-7,13H2,1-2H3,(H2,14,15,16). The second kappa shape index (κ2) is 6.36. The van der Waals surface area contributed by atoms with E-state index < -0.39 is 0 Å². The number of nitrogens with two attached hydrogens (primary N) is 1. The van der Waals surface area contributed by atoms with Crippen LogP contribution in [0, 0.1) is 5.92 Å². The van der Waals surface area contributed by atoms with Crippen LogP contribution in [-0.4, -0.2) is 44.5 Å². The van der Waals surface area contributed by atoms with Gasteiger partial charge in [-0.1, -0.05) is 0 Å². The fourth-order valence-corrected chi connectivity index (χ4v) is 2.42. The van der Waals surface area contributed by atoms with E-state index in [0.717, 1.165) is 13.0 Å². The van der Waals surface area contributed by atoms with E-state index in [1.807, 2.05) is 6.92 Å². The van der Waals surface area contributed by atoms with Crippen LogP contribution in [0.1, 0.15) is 26.2 Å². The minimum atomic E-state index is 0.173. The third-order valence-electron chi connectivity index (χ3n) is 3.42. The Balaban J connectivity index is 1.90. The van der Waals surface area contributed by atoms with Gasteiger partial charge < -0.3 is 14.8 Å². The lowest BCUT2D eigenvalue weighted by molar-refractivity contribution is 0.0874. The summed E-state index contributed by atoms with van der Waals surface area (Å²) in [5, 5.41) is 3.21. The average molecular weight is 256 g/mol. The van der Waals surface area contributed by atoms with Gasteiger partial charge in [0.25, 0.3) is 0 Å². The first-order chi connectivity index (χ1) is 8.74. The maximum Gasteiger partial charge on any atom is 0.206 e. The van der Waals surface area contributed by atoms with E-state index in [9.17, 15) is 0 Å². The van der Waals surface area contributed by atoms with E-state index in [0.29, 0.717) is 18.5 Å². The molecule has 6 nitrogen and oxygen atoms in total. The van der Waals surface area contributed by atoms with Crippen LogP contribution in [0.2, 0.25) is 0 Å². The van der Waals surface area contributed by atoms with Crippen molar-refractivity contribution in [2.45, 2.75) is 44.4 Å². The summed E-state index contributed by atoms with van der Waals surface area (Å²) in [4.78, 5) is 4.65. The number of hydrazine groups is 1. The molecule has 3 atom stereocenters. The van der Waals surface area contributed by atoms with Crippen LogP contribution < -0.4 is 16.6 Å². The normalized spacial score (nSPS) is 30.3. The number of aliphatic imine (C=N–C) groups is 1. The minimum absolute atomic E-state index is 0.173. The quantitative estimate of drug-likeness (QED) is 0.279. The first-order valence-electron chi connectivity index (χ1n) is 6.66. The summed E-state index contributed by atoms with van der Waals surface area (Å²) < 4.78 is 10.8. The van der Waals surface area contributed by atoms with Crippen LogP contribution in [0.5, 0.6) is 0 Å². The molecular weight excluding hydrogens is 232 g/mol. The number of guanidine groups is 1. The SMILES string of the molecule is COCC(C)NC(=NC1CCOC1C1CC1)NN. The molecule has 0 bridgehead atoms. The monoisotopic (exact) mass is 256 g/mol. The topological polar surface area (TPSA) is 80.9 Å². The number of hydrogen-bond acceptors (Lipinski definition) is 4. The van der Waals surface area contributed by atoms with Gasteiger partial charge in [0.15, 0.2) is 0 Å². The third-order valence-corrected chi connectivity index (χ3v) is 3.42. The minimum Gasteiger partial charge on any atom is -0.383 e. The van der Waals surface area contributed by atoms with Gasteiger partial charge in [0.05, 0.1) is 18.8 Å². The number of hydrogen-bond donors (Lipinski definition) is 3. The Morgan fingerprint density at radius 2 is 2.28 bits per heavy atom. The van der Waals surface area contributed by atoms with E-state index in [1.54, 1.807) is 7.11 Å². The van der Waals surface area contributed by atoms with Crippen LogP contribution in [0.4, 0.5) is 0 Å². The first kappa shape index (κ1) is 13.6. The van der Waals surface area contributed by atoms with Crippen molar-refractivity contribution in [2.24, 2.45) is 16.8 Å². The molecule has 1 saturated heterocycles. The molecule has 1 aliphatic heterocycles. The van der Waals surface area contributed by atoms with Crippen molar-refractivity contribution in [1.29, 1.82) is 0 Å². The largest absolute Gasteiger partial charge is 0.383 e. The van der Waals surface area contributed by atoms with E-state index >= 15 is 0 Å². The molecule has 2 fully saturated rings. The zero-order chi connectivity index (χ0) is 13.0. The Morgan fingerprint density at radius 1 is 1.50 bits per heavy atom. The Morgan fingerprint density at radius 3 is 2.89 bits per heavy atom. The number of methoxy groups -OCH3 is 1. The van der Waals surface area contributed by atoms with Crippen molar-refractivity contribution in [3.8, 4) is 0 Å². The predicted octanol–water partition coefficient (Wildman–Crippen LogP) is -0.00230. The Hall–Kier alpha value is -0.850.